The van der Waals surface area contributed by atoms with Crippen molar-refractivity contribution in [3.05, 3.63) is 23.8 Å². The minimum absolute atomic E-state index is 0.0670. The molecule has 1 aromatic rings. The number of methoxy groups -OCH3 is 2. The van der Waals surface area contributed by atoms with Gasteiger partial charge in [-0.25, -0.2) is 0 Å². The van der Waals surface area contributed by atoms with E-state index in [0.29, 0.717) is 50.0 Å². The first-order valence-electron chi connectivity index (χ1n) is 14.2. The molecular weight excluding hydrogens is 484 g/mol. The Hall–Kier alpha value is -1.87. The molecule has 218 valence electrons. The van der Waals surface area contributed by atoms with E-state index in [9.17, 15) is 15.0 Å². The van der Waals surface area contributed by atoms with Gasteiger partial charge in [0.25, 0.3) is 0 Å². The molecule has 0 bridgehead atoms. The van der Waals surface area contributed by atoms with Crippen LogP contribution in [0.3, 0.4) is 0 Å². The molecule has 1 aromatic carbocycles. The average Bonchev–Trinajstić information content (AvgIpc) is 3.68. The molecule has 0 heterocycles. The average molecular weight is 537 g/mol. The van der Waals surface area contributed by atoms with Crippen molar-refractivity contribution in [3.8, 4) is 11.5 Å². The predicted molar refractivity (Wildman–Crippen MR) is 150 cm³/mol. The van der Waals surface area contributed by atoms with Crippen LogP contribution in [0.5, 0.6) is 11.5 Å². The zero-order chi connectivity index (χ0) is 28.3. The minimum Gasteiger partial charge on any atom is -0.493 e. The predicted octanol–water partition coefficient (Wildman–Crippen LogP) is 3.55. The number of aliphatic hydroxyl groups excluding tert-OH is 2. The molecule has 0 radical (unpaired) electrons. The van der Waals surface area contributed by atoms with Crippen LogP contribution in [0.2, 0.25) is 0 Å². The lowest BCUT2D eigenvalue weighted by atomic mass is 9.80. The number of carbonyl (C=O) groups is 1. The first kappa shape index (κ1) is 32.3. The van der Waals surface area contributed by atoms with E-state index in [1.807, 2.05) is 26.0 Å². The fourth-order valence-corrected chi connectivity index (χ4v) is 4.84. The Morgan fingerprint density at radius 2 is 1.79 bits per heavy atom. The molecule has 8 heteroatoms. The van der Waals surface area contributed by atoms with Gasteiger partial charge in [0.1, 0.15) is 0 Å². The van der Waals surface area contributed by atoms with Gasteiger partial charge in [0, 0.05) is 44.1 Å². The molecule has 1 fully saturated rings. The van der Waals surface area contributed by atoms with E-state index < -0.39 is 12.1 Å². The van der Waals surface area contributed by atoms with E-state index >= 15 is 0 Å². The zero-order valence-electron chi connectivity index (χ0n) is 24.4. The molecule has 4 atom stereocenters. The van der Waals surface area contributed by atoms with Gasteiger partial charge in [-0.3, -0.25) is 4.79 Å². The fraction of sp³-hybridized carbons (Fsp3) is 0.767. The summed E-state index contributed by atoms with van der Waals surface area (Å²) < 4.78 is 16.5. The Morgan fingerprint density at radius 1 is 1.08 bits per heavy atom. The van der Waals surface area contributed by atoms with Crippen molar-refractivity contribution in [1.29, 1.82) is 0 Å². The molecule has 0 aliphatic heterocycles. The van der Waals surface area contributed by atoms with Crippen molar-refractivity contribution in [3.63, 3.8) is 0 Å². The van der Waals surface area contributed by atoms with Crippen molar-refractivity contribution in [1.82, 2.24) is 5.32 Å². The molecule has 0 spiro atoms. The van der Waals surface area contributed by atoms with Gasteiger partial charge in [0.15, 0.2) is 11.5 Å². The van der Waals surface area contributed by atoms with Gasteiger partial charge >= 0.3 is 0 Å². The molecule has 1 aliphatic carbocycles. The number of ether oxygens (including phenoxy) is 3. The van der Waals surface area contributed by atoms with Crippen molar-refractivity contribution in [2.24, 2.45) is 34.8 Å². The Kier molecular flexibility index (Phi) is 13.3. The normalized spacial score (nSPS) is 17.7. The second-order valence-electron chi connectivity index (χ2n) is 11.8. The molecule has 5 N–H and O–H groups in total. The maximum Gasteiger partial charge on any atom is 0.223 e. The second-order valence-corrected chi connectivity index (χ2v) is 11.8. The lowest BCUT2D eigenvalue weighted by Gasteiger charge is -2.30. The molecule has 0 unspecified atom stereocenters. The lowest BCUT2D eigenvalue weighted by molar-refractivity contribution is -0.128. The van der Waals surface area contributed by atoms with Crippen molar-refractivity contribution in [2.45, 2.75) is 78.4 Å². The summed E-state index contributed by atoms with van der Waals surface area (Å²) in [7, 11) is 3.31. The number of amides is 1. The summed E-state index contributed by atoms with van der Waals surface area (Å²) in [5.74, 6) is 1.70. The molecule has 1 aliphatic rings. The quantitative estimate of drug-likeness (QED) is 0.199. The van der Waals surface area contributed by atoms with Gasteiger partial charge < -0.3 is 35.5 Å². The monoisotopic (exact) mass is 536 g/mol. The number of aliphatic hydroxyl groups is 2. The van der Waals surface area contributed by atoms with E-state index in [4.69, 9.17) is 19.9 Å². The summed E-state index contributed by atoms with van der Waals surface area (Å²) in [6.07, 6.45) is 3.67. The summed E-state index contributed by atoms with van der Waals surface area (Å²) in [6.45, 7) is 10.1. The van der Waals surface area contributed by atoms with Gasteiger partial charge in [0.05, 0.1) is 26.4 Å². The molecule has 38 heavy (non-hydrogen) atoms. The third kappa shape index (κ3) is 10.0. The first-order valence-corrected chi connectivity index (χ1v) is 14.2. The molecular formula is C30H52N2O6. The minimum atomic E-state index is -0.780. The number of nitrogens with one attached hydrogen (secondary N) is 1. The molecule has 8 nitrogen and oxygen atoms in total. The lowest BCUT2D eigenvalue weighted by Crippen LogP contribution is -2.43. The first-order chi connectivity index (χ1) is 18.1. The van der Waals surface area contributed by atoms with Gasteiger partial charge in [-0.05, 0) is 67.6 Å². The van der Waals surface area contributed by atoms with Crippen LogP contribution in [-0.2, 0) is 16.0 Å². The van der Waals surface area contributed by atoms with Crippen LogP contribution < -0.4 is 20.5 Å². The number of benzene rings is 1. The molecule has 0 saturated heterocycles. The van der Waals surface area contributed by atoms with Crippen LogP contribution in [0.4, 0.5) is 0 Å². The van der Waals surface area contributed by atoms with Gasteiger partial charge in [-0.2, -0.15) is 0 Å². The van der Waals surface area contributed by atoms with Crippen molar-refractivity contribution < 1.29 is 29.2 Å². The topological polar surface area (TPSA) is 123 Å². The summed E-state index contributed by atoms with van der Waals surface area (Å²) >= 11 is 0. The Morgan fingerprint density at radius 3 is 2.34 bits per heavy atom. The van der Waals surface area contributed by atoms with E-state index in [0.717, 1.165) is 31.2 Å². The Balaban J connectivity index is 1.99. The zero-order valence-corrected chi connectivity index (χ0v) is 24.4. The van der Waals surface area contributed by atoms with Crippen molar-refractivity contribution in [2.75, 3.05) is 40.6 Å². The van der Waals surface area contributed by atoms with E-state index in [1.54, 1.807) is 14.2 Å². The van der Waals surface area contributed by atoms with Crippen LogP contribution in [0.15, 0.2) is 18.2 Å². The molecule has 1 amide bonds. The summed E-state index contributed by atoms with van der Waals surface area (Å²) in [4.78, 5) is 12.9. The molecule has 2 rings (SSSR count). The third-order valence-corrected chi connectivity index (χ3v) is 8.06. The Labute approximate surface area is 229 Å². The molecule has 1 saturated carbocycles. The van der Waals surface area contributed by atoms with Crippen LogP contribution in [0.1, 0.15) is 65.4 Å². The van der Waals surface area contributed by atoms with Gasteiger partial charge in [-0.1, -0.05) is 33.8 Å². The highest BCUT2D eigenvalue weighted by atomic mass is 16.5. The van der Waals surface area contributed by atoms with E-state index in [-0.39, 0.29) is 35.7 Å². The number of hydrogen-bond acceptors (Lipinski definition) is 7. The second kappa shape index (κ2) is 15.7. The van der Waals surface area contributed by atoms with E-state index in [2.05, 4.69) is 25.2 Å². The van der Waals surface area contributed by atoms with Crippen molar-refractivity contribution >= 4 is 5.91 Å². The third-order valence-electron chi connectivity index (χ3n) is 8.06. The fourth-order valence-electron chi connectivity index (χ4n) is 4.84. The highest BCUT2D eigenvalue weighted by Gasteiger charge is 2.42. The van der Waals surface area contributed by atoms with E-state index in [1.165, 1.54) is 0 Å². The number of hydrogen-bond donors (Lipinski definition) is 4. The SMILES string of the molecule is COCCCOc1cc(C[C@@H](C[C@H](N)[C@@H](O)C[C@H](C(=O)NCC2(CO)CC2)C(C)C)C(C)C)ccc1OC. The highest BCUT2D eigenvalue weighted by Crippen LogP contribution is 2.44. The largest absolute Gasteiger partial charge is 0.493 e. The van der Waals surface area contributed by atoms with Crippen LogP contribution in [0.25, 0.3) is 0 Å². The van der Waals surface area contributed by atoms with Crippen LogP contribution >= 0.6 is 0 Å². The van der Waals surface area contributed by atoms with Crippen LogP contribution in [0, 0.1) is 29.1 Å². The number of nitrogens with two attached hydrogens (primary N) is 1. The molecule has 0 aromatic heterocycles. The summed E-state index contributed by atoms with van der Waals surface area (Å²) in [6, 6.07) is 5.57. The number of carbonyl (C=O) groups excluding carboxylic acids is 1. The standard InChI is InChI=1S/C30H52N2O6/c1-20(2)23(14-22-8-9-27(37-6)28(15-22)38-13-7-12-36-5)16-25(31)26(34)17-24(21(3)4)29(35)32-18-30(19-33)10-11-30/h8-9,15,20-21,23-26,33-34H,7,10-14,16-19,31H2,1-6H3,(H,32,35)/t23-,24-,25-,26-/m0/s1. The van der Waals surface area contributed by atoms with Crippen LogP contribution in [-0.4, -0.2) is 68.9 Å². The smallest absolute Gasteiger partial charge is 0.223 e. The summed E-state index contributed by atoms with van der Waals surface area (Å²) in [5.41, 5.74) is 7.52. The Bertz CT molecular complexity index is 842. The number of rotatable bonds is 19. The highest BCUT2D eigenvalue weighted by molar-refractivity contribution is 5.79. The maximum atomic E-state index is 12.9. The van der Waals surface area contributed by atoms with Gasteiger partial charge in [-0.15, -0.1) is 0 Å². The maximum absolute atomic E-state index is 12.9. The summed E-state index contributed by atoms with van der Waals surface area (Å²) in [5, 5.41) is 23.6. The van der Waals surface area contributed by atoms with Gasteiger partial charge in [0.2, 0.25) is 5.91 Å².